The number of carbonyl (C=O) groups is 2. The number of amides is 2. The Morgan fingerprint density at radius 1 is 1.32 bits per heavy atom. The highest BCUT2D eigenvalue weighted by molar-refractivity contribution is 5.94. The van der Waals surface area contributed by atoms with E-state index in [4.69, 9.17) is 5.26 Å². The highest BCUT2D eigenvalue weighted by atomic mass is 16.2. The Hall–Kier alpha value is -2.35. The molecular weight excluding hydrogens is 242 g/mol. The monoisotopic (exact) mass is 257 g/mol. The first-order chi connectivity index (χ1) is 9.20. The lowest BCUT2D eigenvalue weighted by atomic mass is 10.1. The van der Waals surface area contributed by atoms with Crippen LogP contribution in [0.25, 0.3) is 0 Å². The van der Waals surface area contributed by atoms with Crippen LogP contribution in [0.4, 0.5) is 5.69 Å². The Balaban J connectivity index is 1.97. The first-order valence-corrected chi connectivity index (χ1v) is 6.23. The summed E-state index contributed by atoms with van der Waals surface area (Å²) in [6.07, 6.45) is 1.75. The van der Waals surface area contributed by atoms with Gasteiger partial charge in [-0.1, -0.05) is 18.2 Å². The van der Waals surface area contributed by atoms with E-state index in [0.29, 0.717) is 6.54 Å². The molecule has 98 valence electrons. The van der Waals surface area contributed by atoms with E-state index in [-0.39, 0.29) is 24.2 Å². The fraction of sp³-hybridized carbons (Fsp3) is 0.357. The van der Waals surface area contributed by atoms with Crippen LogP contribution in [0.15, 0.2) is 24.3 Å². The standard InChI is InChI=1S/C14H15N3O2/c15-8-7-13(18)16-9-11-3-1-2-4-12(11)17-14(19)10-5-6-10/h1-4,10H,5-7,9H2,(H,16,18)(H,17,19). The Labute approximate surface area is 111 Å². The van der Waals surface area contributed by atoms with Crippen molar-refractivity contribution in [1.29, 1.82) is 5.26 Å². The van der Waals surface area contributed by atoms with Gasteiger partial charge in [0.1, 0.15) is 6.42 Å². The molecule has 2 rings (SSSR count). The van der Waals surface area contributed by atoms with Crippen molar-refractivity contribution in [2.75, 3.05) is 5.32 Å². The van der Waals surface area contributed by atoms with Crippen molar-refractivity contribution in [3.63, 3.8) is 0 Å². The Morgan fingerprint density at radius 3 is 2.74 bits per heavy atom. The van der Waals surface area contributed by atoms with Crippen LogP contribution in [0.5, 0.6) is 0 Å². The van der Waals surface area contributed by atoms with E-state index in [2.05, 4.69) is 10.6 Å². The molecule has 1 saturated carbocycles. The smallest absolute Gasteiger partial charge is 0.234 e. The summed E-state index contributed by atoms with van der Waals surface area (Å²) in [7, 11) is 0. The van der Waals surface area contributed by atoms with Crippen molar-refractivity contribution in [3.05, 3.63) is 29.8 Å². The van der Waals surface area contributed by atoms with Gasteiger partial charge in [-0.2, -0.15) is 5.26 Å². The average molecular weight is 257 g/mol. The van der Waals surface area contributed by atoms with Gasteiger partial charge in [0.25, 0.3) is 0 Å². The van der Waals surface area contributed by atoms with E-state index >= 15 is 0 Å². The van der Waals surface area contributed by atoms with Crippen LogP contribution < -0.4 is 10.6 Å². The summed E-state index contributed by atoms with van der Waals surface area (Å²) in [5, 5.41) is 13.9. The van der Waals surface area contributed by atoms with Crippen molar-refractivity contribution in [2.45, 2.75) is 25.8 Å². The molecule has 2 amide bonds. The third-order valence-corrected chi connectivity index (χ3v) is 2.94. The van der Waals surface area contributed by atoms with Crippen LogP contribution in [0, 0.1) is 17.2 Å². The van der Waals surface area contributed by atoms with Gasteiger partial charge < -0.3 is 10.6 Å². The molecule has 0 unspecified atom stereocenters. The van der Waals surface area contributed by atoms with Crippen LogP contribution >= 0.6 is 0 Å². The van der Waals surface area contributed by atoms with Gasteiger partial charge in [0.2, 0.25) is 11.8 Å². The molecule has 19 heavy (non-hydrogen) atoms. The summed E-state index contributed by atoms with van der Waals surface area (Å²) in [6, 6.07) is 9.13. The molecule has 0 saturated heterocycles. The predicted molar refractivity (Wildman–Crippen MR) is 69.9 cm³/mol. The maximum Gasteiger partial charge on any atom is 0.234 e. The van der Waals surface area contributed by atoms with Crippen LogP contribution in [0.2, 0.25) is 0 Å². The van der Waals surface area contributed by atoms with Crippen LogP contribution in [-0.2, 0) is 16.1 Å². The maximum absolute atomic E-state index is 11.7. The van der Waals surface area contributed by atoms with Crippen molar-refractivity contribution in [3.8, 4) is 6.07 Å². The van der Waals surface area contributed by atoms with Gasteiger partial charge in [0, 0.05) is 18.2 Å². The first kappa shape index (κ1) is 13.1. The minimum atomic E-state index is -0.314. The zero-order valence-corrected chi connectivity index (χ0v) is 10.5. The van der Waals surface area contributed by atoms with Gasteiger partial charge in [-0.15, -0.1) is 0 Å². The molecule has 1 fully saturated rings. The zero-order valence-electron chi connectivity index (χ0n) is 10.5. The normalized spacial score (nSPS) is 13.4. The number of para-hydroxylation sites is 1. The van der Waals surface area contributed by atoms with E-state index in [1.807, 2.05) is 24.3 Å². The summed E-state index contributed by atoms with van der Waals surface area (Å²) in [6.45, 7) is 0.307. The van der Waals surface area contributed by atoms with Gasteiger partial charge in [0.05, 0.1) is 6.07 Å². The molecule has 0 bridgehead atoms. The van der Waals surface area contributed by atoms with E-state index < -0.39 is 0 Å². The van der Waals surface area contributed by atoms with Crippen molar-refractivity contribution < 1.29 is 9.59 Å². The van der Waals surface area contributed by atoms with Gasteiger partial charge in [-0.05, 0) is 24.5 Å². The second-order valence-corrected chi connectivity index (χ2v) is 4.53. The molecule has 0 radical (unpaired) electrons. The lowest BCUT2D eigenvalue weighted by Gasteiger charge is -2.11. The molecule has 0 atom stereocenters. The SMILES string of the molecule is N#CCC(=O)NCc1ccccc1NC(=O)C1CC1. The lowest BCUT2D eigenvalue weighted by Crippen LogP contribution is -2.23. The maximum atomic E-state index is 11.7. The number of hydrogen-bond donors (Lipinski definition) is 2. The Kier molecular flexibility index (Phi) is 4.14. The third kappa shape index (κ3) is 3.81. The van der Waals surface area contributed by atoms with E-state index in [1.165, 1.54) is 0 Å². The van der Waals surface area contributed by atoms with Crippen LogP contribution in [0.3, 0.4) is 0 Å². The largest absolute Gasteiger partial charge is 0.351 e. The minimum Gasteiger partial charge on any atom is -0.351 e. The second kappa shape index (κ2) is 6.01. The summed E-state index contributed by atoms with van der Waals surface area (Å²) in [5.41, 5.74) is 1.56. The molecule has 2 N–H and O–H groups in total. The number of nitrogens with one attached hydrogen (secondary N) is 2. The van der Waals surface area contributed by atoms with Gasteiger partial charge in [-0.25, -0.2) is 0 Å². The molecule has 0 aromatic heterocycles. The van der Waals surface area contributed by atoms with Crippen molar-refractivity contribution in [2.24, 2.45) is 5.92 Å². The number of benzene rings is 1. The second-order valence-electron chi connectivity index (χ2n) is 4.53. The summed E-state index contributed by atoms with van der Waals surface area (Å²) < 4.78 is 0. The van der Waals surface area contributed by atoms with E-state index in [9.17, 15) is 9.59 Å². The van der Waals surface area contributed by atoms with Crippen molar-refractivity contribution in [1.82, 2.24) is 5.32 Å². The first-order valence-electron chi connectivity index (χ1n) is 6.23. The molecule has 5 nitrogen and oxygen atoms in total. The molecule has 1 aromatic rings. The molecule has 0 heterocycles. The molecule has 1 aliphatic rings. The van der Waals surface area contributed by atoms with Crippen LogP contribution in [-0.4, -0.2) is 11.8 Å². The number of hydrogen-bond acceptors (Lipinski definition) is 3. The van der Waals surface area contributed by atoms with Gasteiger partial charge in [-0.3, -0.25) is 9.59 Å². The van der Waals surface area contributed by atoms with Gasteiger partial charge in [0.15, 0.2) is 0 Å². The minimum absolute atomic E-state index is 0.0378. The molecular formula is C14H15N3O2. The Bertz CT molecular complexity index is 530. The fourth-order valence-electron chi connectivity index (χ4n) is 1.70. The third-order valence-electron chi connectivity index (χ3n) is 2.94. The summed E-state index contributed by atoms with van der Waals surface area (Å²) in [4.78, 5) is 23.0. The molecule has 5 heteroatoms. The lowest BCUT2D eigenvalue weighted by molar-refractivity contribution is -0.120. The quantitative estimate of drug-likeness (QED) is 0.839. The molecule has 1 aromatic carbocycles. The predicted octanol–water partition coefficient (Wildman–Crippen LogP) is 1.56. The van der Waals surface area contributed by atoms with E-state index in [0.717, 1.165) is 24.1 Å². The average Bonchev–Trinajstić information content (AvgIpc) is 3.22. The molecule has 1 aliphatic carbocycles. The highest BCUT2D eigenvalue weighted by Gasteiger charge is 2.29. The molecule has 0 aliphatic heterocycles. The number of carbonyl (C=O) groups excluding carboxylic acids is 2. The van der Waals surface area contributed by atoms with Crippen LogP contribution in [0.1, 0.15) is 24.8 Å². The number of nitrogens with zero attached hydrogens (tertiary/aromatic N) is 1. The topological polar surface area (TPSA) is 82.0 Å². The number of rotatable bonds is 5. The van der Waals surface area contributed by atoms with Crippen molar-refractivity contribution >= 4 is 17.5 Å². The molecule has 0 spiro atoms. The van der Waals surface area contributed by atoms with E-state index in [1.54, 1.807) is 6.07 Å². The Morgan fingerprint density at radius 2 is 2.05 bits per heavy atom. The zero-order chi connectivity index (χ0) is 13.7. The fourth-order valence-corrected chi connectivity index (χ4v) is 1.70. The summed E-state index contributed by atoms with van der Waals surface area (Å²) >= 11 is 0. The van der Waals surface area contributed by atoms with Gasteiger partial charge >= 0.3 is 0 Å². The highest BCUT2D eigenvalue weighted by Crippen LogP contribution is 2.30. The number of anilines is 1. The number of nitriles is 1. The summed E-state index contributed by atoms with van der Waals surface area (Å²) in [5.74, 6) is -0.136.